The van der Waals surface area contributed by atoms with E-state index in [2.05, 4.69) is 28.4 Å². The predicted octanol–water partition coefficient (Wildman–Crippen LogP) is 6.84. The highest BCUT2D eigenvalue weighted by molar-refractivity contribution is 5.59. The normalized spacial score (nSPS) is 10.7. The minimum atomic E-state index is -4.93. The number of rotatable bonds is 2. The van der Waals surface area contributed by atoms with Crippen LogP contribution in [0.2, 0.25) is 0 Å². The number of ether oxygens (including phenoxy) is 1. The second kappa shape index (κ2) is 9.79. The van der Waals surface area contributed by atoms with Crippen LogP contribution in [-0.2, 0) is 6.42 Å². The van der Waals surface area contributed by atoms with Gasteiger partial charge in [0.05, 0.1) is 5.56 Å². The summed E-state index contributed by atoms with van der Waals surface area (Å²) in [5, 5.41) is 0. The van der Waals surface area contributed by atoms with E-state index in [0.29, 0.717) is 17.5 Å². The Hall–Kier alpha value is -3.77. The molecule has 0 aliphatic heterocycles. The van der Waals surface area contributed by atoms with Gasteiger partial charge in [-0.2, -0.15) is 0 Å². The number of hydrogen-bond acceptors (Lipinski definition) is 1. The third-order valence-electron chi connectivity index (χ3n) is 4.81. The zero-order chi connectivity index (χ0) is 24.2. The van der Waals surface area contributed by atoms with E-state index < -0.39 is 23.7 Å². The van der Waals surface area contributed by atoms with Crippen LogP contribution >= 0.6 is 0 Å². The van der Waals surface area contributed by atoms with Crippen molar-refractivity contribution in [3.8, 4) is 29.4 Å². The Morgan fingerprint density at radius 3 is 1.85 bits per heavy atom. The van der Waals surface area contributed by atoms with Crippen molar-refractivity contribution in [2.45, 2.75) is 33.6 Å². The van der Waals surface area contributed by atoms with Crippen LogP contribution < -0.4 is 4.74 Å². The van der Waals surface area contributed by atoms with Crippen LogP contribution in [0, 0.1) is 49.2 Å². The minimum Gasteiger partial charge on any atom is -0.404 e. The van der Waals surface area contributed by atoms with E-state index >= 15 is 0 Å². The van der Waals surface area contributed by atoms with Crippen LogP contribution in [-0.4, -0.2) is 6.36 Å². The maximum atomic E-state index is 13.8. The first-order chi connectivity index (χ1) is 15.6. The molecule has 3 aromatic carbocycles. The fourth-order valence-corrected chi connectivity index (χ4v) is 3.00. The SMILES string of the molecule is CCc1cc(C#Cc2cc(F)c(C)c(F)c2)cc(OC(F)(F)F)c1C#Cc1ccc(C)cc1. The van der Waals surface area contributed by atoms with E-state index in [1.54, 1.807) is 25.1 Å². The molecular weight excluding hydrogens is 435 g/mol. The van der Waals surface area contributed by atoms with Crippen molar-refractivity contribution in [3.63, 3.8) is 0 Å². The van der Waals surface area contributed by atoms with E-state index in [9.17, 15) is 22.0 Å². The molecule has 0 aromatic heterocycles. The maximum absolute atomic E-state index is 13.8. The molecule has 0 N–H and O–H groups in total. The molecule has 0 atom stereocenters. The third kappa shape index (κ3) is 6.37. The highest BCUT2D eigenvalue weighted by Gasteiger charge is 2.32. The predicted molar refractivity (Wildman–Crippen MR) is 117 cm³/mol. The second-order valence-electron chi connectivity index (χ2n) is 7.34. The fourth-order valence-electron chi connectivity index (χ4n) is 3.00. The largest absolute Gasteiger partial charge is 0.573 e. The van der Waals surface area contributed by atoms with Gasteiger partial charge in [0.15, 0.2) is 0 Å². The summed E-state index contributed by atoms with van der Waals surface area (Å²) in [4.78, 5) is 0. The van der Waals surface area contributed by atoms with Gasteiger partial charge in [0.1, 0.15) is 17.4 Å². The number of hydrogen-bond donors (Lipinski definition) is 0. The van der Waals surface area contributed by atoms with Crippen molar-refractivity contribution in [1.29, 1.82) is 0 Å². The average molecular weight is 454 g/mol. The molecule has 0 aliphatic rings. The first-order valence-electron chi connectivity index (χ1n) is 10.0. The van der Waals surface area contributed by atoms with Crippen LogP contribution in [0.4, 0.5) is 22.0 Å². The summed E-state index contributed by atoms with van der Waals surface area (Å²) in [6.07, 6.45) is -4.56. The van der Waals surface area contributed by atoms with Crippen LogP contribution in [0.25, 0.3) is 0 Å². The molecule has 3 aromatic rings. The smallest absolute Gasteiger partial charge is 0.404 e. The molecule has 0 heterocycles. The highest BCUT2D eigenvalue weighted by Crippen LogP contribution is 2.30. The molecule has 0 radical (unpaired) electrons. The highest BCUT2D eigenvalue weighted by atomic mass is 19.4. The average Bonchev–Trinajstić information content (AvgIpc) is 2.74. The Bertz CT molecular complexity index is 1270. The summed E-state index contributed by atoms with van der Waals surface area (Å²) in [5.41, 5.74) is 2.42. The van der Waals surface area contributed by atoms with Crippen molar-refractivity contribution in [3.05, 3.63) is 99.1 Å². The van der Waals surface area contributed by atoms with Crippen molar-refractivity contribution >= 4 is 0 Å². The molecule has 168 valence electrons. The molecule has 0 spiro atoms. The lowest BCUT2D eigenvalue weighted by molar-refractivity contribution is -0.274. The Morgan fingerprint density at radius 1 is 0.758 bits per heavy atom. The van der Waals surface area contributed by atoms with E-state index in [1.807, 2.05) is 19.1 Å². The molecule has 0 aliphatic carbocycles. The number of halogens is 5. The number of aryl methyl sites for hydroxylation is 2. The Labute approximate surface area is 189 Å². The van der Waals surface area contributed by atoms with Gasteiger partial charge in [0, 0.05) is 22.3 Å². The van der Waals surface area contributed by atoms with Gasteiger partial charge in [0.2, 0.25) is 0 Å². The van der Waals surface area contributed by atoms with Gasteiger partial charge < -0.3 is 4.74 Å². The molecule has 3 rings (SSSR count). The van der Waals surface area contributed by atoms with Crippen LogP contribution in [0.5, 0.6) is 5.75 Å². The van der Waals surface area contributed by atoms with E-state index in [-0.39, 0.29) is 22.3 Å². The summed E-state index contributed by atoms with van der Waals surface area (Å²) in [6.45, 7) is 4.99. The number of alkyl halides is 3. The van der Waals surface area contributed by atoms with Crippen molar-refractivity contribution in [2.24, 2.45) is 0 Å². The first kappa shape index (κ1) is 23.9. The first-order valence-corrected chi connectivity index (χ1v) is 10.0. The molecule has 33 heavy (non-hydrogen) atoms. The van der Waals surface area contributed by atoms with E-state index in [0.717, 1.165) is 23.8 Å². The zero-order valence-corrected chi connectivity index (χ0v) is 18.1. The van der Waals surface area contributed by atoms with Crippen LogP contribution in [0.15, 0.2) is 48.5 Å². The topological polar surface area (TPSA) is 9.23 Å². The second-order valence-corrected chi connectivity index (χ2v) is 7.34. The maximum Gasteiger partial charge on any atom is 0.573 e. The van der Waals surface area contributed by atoms with Gasteiger partial charge in [-0.05, 0) is 62.2 Å². The standard InChI is InChI=1S/C27H19F5O/c1-4-22-13-20(9-10-21-14-24(28)18(3)25(29)15-21)16-26(33-27(30,31)32)23(22)12-11-19-7-5-17(2)6-8-19/h5-8,13-16H,4H2,1-3H3. The van der Waals surface area contributed by atoms with Crippen molar-refractivity contribution in [2.75, 3.05) is 0 Å². The van der Waals surface area contributed by atoms with E-state index in [4.69, 9.17) is 0 Å². The molecule has 0 saturated carbocycles. The minimum absolute atomic E-state index is 0.0650. The summed E-state index contributed by atoms with van der Waals surface area (Å²) < 4.78 is 71.0. The summed E-state index contributed by atoms with van der Waals surface area (Å²) >= 11 is 0. The summed E-state index contributed by atoms with van der Waals surface area (Å²) in [6, 6.07) is 12.1. The monoisotopic (exact) mass is 454 g/mol. The molecule has 0 fully saturated rings. The Kier molecular flexibility index (Phi) is 7.09. The van der Waals surface area contributed by atoms with Crippen LogP contribution in [0.3, 0.4) is 0 Å². The molecule has 0 unspecified atom stereocenters. The van der Waals surface area contributed by atoms with Crippen molar-refractivity contribution < 1.29 is 26.7 Å². The molecule has 0 amide bonds. The fraction of sp³-hybridized carbons (Fsp3) is 0.185. The van der Waals surface area contributed by atoms with Gasteiger partial charge in [-0.1, -0.05) is 48.3 Å². The summed E-state index contributed by atoms with van der Waals surface area (Å²) in [5.74, 6) is 8.93. The lowest BCUT2D eigenvalue weighted by atomic mass is 10.00. The third-order valence-corrected chi connectivity index (χ3v) is 4.81. The molecular formula is C27H19F5O. The molecule has 0 bridgehead atoms. The molecule has 0 saturated heterocycles. The van der Waals surface area contributed by atoms with E-state index in [1.165, 1.54) is 6.92 Å². The molecule has 6 heteroatoms. The zero-order valence-electron chi connectivity index (χ0n) is 18.1. The van der Waals surface area contributed by atoms with Gasteiger partial charge in [-0.25, -0.2) is 8.78 Å². The number of benzene rings is 3. The Balaban J connectivity index is 2.08. The van der Waals surface area contributed by atoms with Gasteiger partial charge in [-0.3, -0.25) is 0 Å². The van der Waals surface area contributed by atoms with Gasteiger partial charge in [0.25, 0.3) is 0 Å². The van der Waals surface area contributed by atoms with Gasteiger partial charge >= 0.3 is 6.36 Å². The Morgan fingerprint density at radius 2 is 1.30 bits per heavy atom. The van der Waals surface area contributed by atoms with Crippen molar-refractivity contribution in [1.82, 2.24) is 0 Å². The lowest BCUT2D eigenvalue weighted by Gasteiger charge is -2.14. The quantitative estimate of drug-likeness (QED) is 0.304. The lowest BCUT2D eigenvalue weighted by Crippen LogP contribution is -2.18. The van der Waals surface area contributed by atoms with Gasteiger partial charge in [-0.15, -0.1) is 13.2 Å². The molecule has 1 nitrogen and oxygen atoms in total. The van der Waals surface area contributed by atoms with Crippen LogP contribution in [0.1, 0.15) is 45.9 Å². The summed E-state index contributed by atoms with van der Waals surface area (Å²) in [7, 11) is 0.